The summed E-state index contributed by atoms with van der Waals surface area (Å²) in [5, 5.41) is 0. The molecule has 1 atom stereocenters. The van der Waals surface area contributed by atoms with Gasteiger partial charge in [-0.1, -0.05) is 6.92 Å². The van der Waals surface area contributed by atoms with Crippen molar-refractivity contribution in [3.05, 3.63) is 0 Å². The molecular weight excluding hydrogens is 296 g/mol. The van der Waals surface area contributed by atoms with Crippen molar-refractivity contribution in [2.24, 2.45) is 5.41 Å². The molecule has 1 aliphatic carbocycles. The molecule has 0 aromatic rings. The van der Waals surface area contributed by atoms with E-state index in [1.54, 1.807) is 0 Å². The van der Waals surface area contributed by atoms with E-state index >= 15 is 0 Å². The molecule has 2 saturated heterocycles. The average molecular weight is 324 g/mol. The summed E-state index contributed by atoms with van der Waals surface area (Å²) in [6, 6.07) is 0.511. The first kappa shape index (κ1) is 16.2. The van der Waals surface area contributed by atoms with E-state index in [0.29, 0.717) is 30.7 Å². The number of hydrogen-bond acceptors (Lipinski definition) is 3. The van der Waals surface area contributed by atoms with E-state index in [4.69, 9.17) is 0 Å². The minimum absolute atomic E-state index is 0.183. The van der Waals surface area contributed by atoms with Crippen molar-refractivity contribution in [2.45, 2.75) is 57.9 Å². The van der Waals surface area contributed by atoms with Crippen LogP contribution >= 0.6 is 11.8 Å². The Bertz CT molecular complexity index is 438. The summed E-state index contributed by atoms with van der Waals surface area (Å²) < 4.78 is 0. The van der Waals surface area contributed by atoms with E-state index in [0.717, 1.165) is 44.0 Å². The highest BCUT2D eigenvalue weighted by Crippen LogP contribution is 2.42. The van der Waals surface area contributed by atoms with Gasteiger partial charge in [0.05, 0.1) is 0 Å². The minimum Gasteiger partial charge on any atom is -0.342 e. The molecule has 1 spiro atoms. The van der Waals surface area contributed by atoms with Crippen LogP contribution in [0.3, 0.4) is 0 Å². The number of rotatable bonds is 5. The molecule has 0 unspecified atom stereocenters. The Kier molecular flexibility index (Phi) is 5.00. The molecule has 0 radical (unpaired) electrons. The Morgan fingerprint density at radius 3 is 2.86 bits per heavy atom. The molecular formula is C17H28N2O2S. The van der Waals surface area contributed by atoms with E-state index in [9.17, 15) is 9.59 Å². The van der Waals surface area contributed by atoms with Crippen LogP contribution in [-0.2, 0) is 9.59 Å². The fourth-order valence-corrected chi connectivity index (χ4v) is 4.59. The second-order valence-corrected chi connectivity index (χ2v) is 8.51. The van der Waals surface area contributed by atoms with E-state index in [1.165, 1.54) is 19.3 Å². The lowest BCUT2D eigenvalue weighted by Crippen LogP contribution is -2.55. The van der Waals surface area contributed by atoms with Gasteiger partial charge in [-0.25, -0.2) is 0 Å². The van der Waals surface area contributed by atoms with Crippen molar-refractivity contribution in [3.8, 4) is 0 Å². The molecule has 1 saturated carbocycles. The summed E-state index contributed by atoms with van der Waals surface area (Å²) in [6.07, 6.45) is 6.96. The van der Waals surface area contributed by atoms with Crippen LogP contribution < -0.4 is 0 Å². The van der Waals surface area contributed by atoms with Gasteiger partial charge in [0, 0.05) is 49.7 Å². The Morgan fingerprint density at radius 1 is 1.32 bits per heavy atom. The summed E-state index contributed by atoms with van der Waals surface area (Å²) in [4.78, 5) is 28.8. The maximum atomic E-state index is 12.4. The molecule has 2 heterocycles. The molecule has 3 rings (SSSR count). The van der Waals surface area contributed by atoms with Crippen molar-refractivity contribution in [3.63, 3.8) is 0 Å². The molecule has 3 fully saturated rings. The summed E-state index contributed by atoms with van der Waals surface area (Å²) in [7, 11) is 0. The van der Waals surface area contributed by atoms with Gasteiger partial charge in [0.2, 0.25) is 11.8 Å². The maximum Gasteiger partial charge on any atom is 0.223 e. The predicted molar refractivity (Wildman–Crippen MR) is 89.8 cm³/mol. The van der Waals surface area contributed by atoms with Crippen molar-refractivity contribution in [1.82, 2.24) is 9.80 Å². The van der Waals surface area contributed by atoms with Crippen LogP contribution in [0.2, 0.25) is 0 Å². The number of amides is 2. The van der Waals surface area contributed by atoms with Gasteiger partial charge in [0.25, 0.3) is 0 Å². The summed E-state index contributed by atoms with van der Waals surface area (Å²) in [5.74, 6) is 2.67. The van der Waals surface area contributed by atoms with Crippen molar-refractivity contribution < 1.29 is 9.59 Å². The Balaban J connectivity index is 1.59. The number of thioether (sulfide) groups is 1. The van der Waals surface area contributed by atoms with Crippen LogP contribution in [0.1, 0.15) is 51.9 Å². The van der Waals surface area contributed by atoms with Crippen molar-refractivity contribution in [2.75, 3.05) is 31.1 Å². The van der Waals surface area contributed by atoms with Gasteiger partial charge >= 0.3 is 0 Å². The third-order valence-corrected chi connectivity index (χ3v) is 6.26. The van der Waals surface area contributed by atoms with Gasteiger partial charge in [0.15, 0.2) is 0 Å². The maximum absolute atomic E-state index is 12.4. The number of hydrogen-bond donors (Lipinski definition) is 0. The van der Waals surface area contributed by atoms with E-state index < -0.39 is 0 Å². The Morgan fingerprint density at radius 2 is 2.14 bits per heavy atom. The van der Waals surface area contributed by atoms with E-state index in [-0.39, 0.29) is 5.41 Å². The van der Waals surface area contributed by atoms with Crippen molar-refractivity contribution in [1.29, 1.82) is 0 Å². The largest absolute Gasteiger partial charge is 0.342 e. The lowest BCUT2D eigenvalue weighted by Gasteiger charge is -2.48. The first-order valence-electron chi connectivity index (χ1n) is 8.78. The fourth-order valence-electron chi connectivity index (χ4n) is 3.98. The van der Waals surface area contributed by atoms with Gasteiger partial charge in [-0.05, 0) is 37.9 Å². The molecule has 3 aliphatic rings. The van der Waals surface area contributed by atoms with Gasteiger partial charge in [0.1, 0.15) is 0 Å². The number of carbonyl (C=O) groups is 2. The average Bonchev–Trinajstić information content (AvgIpc) is 3.35. The first-order chi connectivity index (χ1) is 10.6. The first-order valence-corrected chi connectivity index (χ1v) is 9.94. The van der Waals surface area contributed by atoms with Crippen LogP contribution in [0.5, 0.6) is 0 Å². The van der Waals surface area contributed by atoms with Crippen LogP contribution in [0.15, 0.2) is 0 Å². The molecule has 0 aromatic carbocycles. The lowest BCUT2D eigenvalue weighted by atomic mass is 9.73. The topological polar surface area (TPSA) is 40.6 Å². The standard InChI is InChI=1S/C17H28N2O2S/c1-2-22-11-7-15(20)18-10-3-8-17(12-18)9-6-16(21)19(13-17)14-4-5-14/h14H,2-13H2,1H3/t17-/m1/s1. The quantitative estimate of drug-likeness (QED) is 0.730. The minimum atomic E-state index is 0.183. The second-order valence-electron chi connectivity index (χ2n) is 7.12. The second kappa shape index (κ2) is 6.81. The van der Waals surface area contributed by atoms with Crippen molar-refractivity contribution >= 4 is 23.6 Å². The van der Waals surface area contributed by atoms with Gasteiger partial charge in [-0.2, -0.15) is 11.8 Å². The normalized spacial score (nSPS) is 29.2. The van der Waals surface area contributed by atoms with Gasteiger partial charge in [-0.3, -0.25) is 9.59 Å². The number of likely N-dealkylation sites (tertiary alicyclic amines) is 2. The van der Waals surface area contributed by atoms with Gasteiger partial charge < -0.3 is 9.80 Å². The fraction of sp³-hybridized carbons (Fsp3) is 0.882. The molecule has 0 aromatic heterocycles. The molecule has 0 N–H and O–H groups in total. The number of nitrogens with zero attached hydrogens (tertiary/aromatic N) is 2. The van der Waals surface area contributed by atoms with Crippen LogP contribution in [0.4, 0.5) is 0 Å². The zero-order valence-corrected chi connectivity index (χ0v) is 14.5. The third kappa shape index (κ3) is 3.61. The molecule has 2 aliphatic heterocycles. The highest BCUT2D eigenvalue weighted by molar-refractivity contribution is 7.99. The Labute approximate surface area is 138 Å². The highest BCUT2D eigenvalue weighted by atomic mass is 32.2. The van der Waals surface area contributed by atoms with Crippen LogP contribution in [0, 0.1) is 5.41 Å². The Hall–Kier alpha value is -0.710. The number of piperidine rings is 2. The predicted octanol–water partition coefficient (Wildman–Crippen LogP) is 2.52. The summed E-state index contributed by atoms with van der Waals surface area (Å²) in [6.45, 7) is 4.81. The summed E-state index contributed by atoms with van der Waals surface area (Å²) in [5.41, 5.74) is 0.183. The summed E-state index contributed by atoms with van der Waals surface area (Å²) >= 11 is 1.84. The molecule has 0 bridgehead atoms. The molecule has 22 heavy (non-hydrogen) atoms. The molecule has 5 heteroatoms. The lowest BCUT2D eigenvalue weighted by molar-refractivity contribution is -0.143. The van der Waals surface area contributed by atoms with Crippen LogP contribution in [0.25, 0.3) is 0 Å². The zero-order valence-electron chi connectivity index (χ0n) is 13.7. The van der Waals surface area contributed by atoms with E-state index in [2.05, 4.69) is 16.7 Å². The zero-order chi connectivity index (χ0) is 15.6. The highest BCUT2D eigenvalue weighted by Gasteiger charge is 2.46. The monoisotopic (exact) mass is 324 g/mol. The van der Waals surface area contributed by atoms with E-state index in [1.807, 2.05) is 11.8 Å². The molecule has 124 valence electrons. The van der Waals surface area contributed by atoms with Crippen LogP contribution in [-0.4, -0.2) is 58.8 Å². The molecule has 4 nitrogen and oxygen atoms in total. The SMILES string of the molecule is CCSCCC(=O)N1CCC[C@@]2(CCC(=O)N(C3CC3)C2)C1. The number of carbonyl (C=O) groups excluding carboxylic acids is 2. The van der Waals surface area contributed by atoms with Gasteiger partial charge in [-0.15, -0.1) is 0 Å². The molecule has 2 amide bonds. The smallest absolute Gasteiger partial charge is 0.223 e. The third-order valence-electron chi connectivity index (χ3n) is 5.36.